The summed E-state index contributed by atoms with van der Waals surface area (Å²) in [5, 5.41) is 9.16. The maximum absolute atomic E-state index is 11.2. The van der Waals surface area contributed by atoms with E-state index in [1.807, 2.05) is 12.1 Å². The van der Waals surface area contributed by atoms with Crippen molar-refractivity contribution < 1.29 is 19.4 Å². The number of aromatic carboxylic acids is 1. The van der Waals surface area contributed by atoms with Gasteiger partial charge in [0.05, 0.1) is 19.8 Å². The number of carbonyl (C=O) groups is 1. The predicted octanol–water partition coefficient (Wildman–Crippen LogP) is 3.83. The van der Waals surface area contributed by atoms with Crippen LogP contribution < -0.4 is 9.47 Å². The van der Waals surface area contributed by atoms with Gasteiger partial charge in [-0.2, -0.15) is 0 Å². The van der Waals surface area contributed by atoms with Crippen molar-refractivity contribution in [2.75, 3.05) is 14.2 Å². The van der Waals surface area contributed by atoms with Crippen LogP contribution in [0.2, 0.25) is 0 Å². The molecule has 5 heteroatoms. The van der Waals surface area contributed by atoms with Crippen molar-refractivity contribution >= 4 is 21.9 Å². The van der Waals surface area contributed by atoms with E-state index in [2.05, 4.69) is 15.9 Å². The Balaban J connectivity index is 2.56. The van der Waals surface area contributed by atoms with E-state index in [-0.39, 0.29) is 5.56 Å². The highest BCUT2D eigenvalue weighted by molar-refractivity contribution is 9.10. The van der Waals surface area contributed by atoms with Gasteiger partial charge in [-0.15, -0.1) is 0 Å². The van der Waals surface area contributed by atoms with E-state index in [0.717, 1.165) is 11.1 Å². The topological polar surface area (TPSA) is 55.8 Å². The molecular formula is C15H13BrO4. The van der Waals surface area contributed by atoms with E-state index in [0.29, 0.717) is 16.0 Å². The van der Waals surface area contributed by atoms with Crippen molar-refractivity contribution in [2.24, 2.45) is 0 Å². The highest BCUT2D eigenvalue weighted by Crippen LogP contribution is 2.34. The summed E-state index contributed by atoms with van der Waals surface area (Å²) in [6.07, 6.45) is 0. The molecule has 0 amide bonds. The molecule has 2 aromatic carbocycles. The summed E-state index contributed by atoms with van der Waals surface area (Å²) in [5.74, 6) is 0.329. The predicted molar refractivity (Wildman–Crippen MR) is 79.6 cm³/mol. The molecule has 0 aromatic heterocycles. The molecule has 1 N–H and O–H groups in total. The largest absolute Gasteiger partial charge is 0.497 e. The molecule has 4 nitrogen and oxygen atoms in total. The second-order valence-electron chi connectivity index (χ2n) is 4.07. The number of carboxylic acids is 1. The lowest BCUT2D eigenvalue weighted by Gasteiger charge is -2.11. The number of halogens is 1. The molecule has 0 atom stereocenters. The number of carboxylic acid groups (broad SMARTS) is 1. The molecule has 20 heavy (non-hydrogen) atoms. The van der Waals surface area contributed by atoms with Gasteiger partial charge < -0.3 is 14.6 Å². The normalized spacial score (nSPS) is 10.2. The zero-order chi connectivity index (χ0) is 14.7. The average molecular weight is 337 g/mol. The number of hydrogen-bond acceptors (Lipinski definition) is 3. The zero-order valence-electron chi connectivity index (χ0n) is 11.0. The van der Waals surface area contributed by atoms with Gasteiger partial charge in [0.2, 0.25) is 0 Å². The van der Waals surface area contributed by atoms with Crippen LogP contribution in [0.25, 0.3) is 11.1 Å². The second kappa shape index (κ2) is 5.96. The Bertz CT molecular complexity index is 652. The summed E-state index contributed by atoms with van der Waals surface area (Å²) in [6.45, 7) is 0. The Morgan fingerprint density at radius 1 is 1.10 bits per heavy atom. The number of hydrogen-bond donors (Lipinski definition) is 1. The van der Waals surface area contributed by atoms with Gasteiger partial charge >= 0.3 is 5.97 Å². The Morgan fingerprint density at radius 3 is 2.45 bits per heavy atom. The highest BCUT2D eigenvalue weighted by atomic mass is 79.9. The standard InChI is InChI=1S/C15H13BrO4/c1-19-10-4-5-11(14(8-10)20-2)9-3-6-13(16)12(7-9)15(17)18/h3-8H,1-2H3,(H,17,18). The van der Waals surface area contributed by atoms with Crippen molar-refractivity contribution in [3.05, 3.63) is 46.4 Å². The molecule has 0 saturated heterocycles. The van der Waals surface area contributed by atoms with E-state index in [4.69, 9.17) is 14.6 Å². The zero-order valence-corrected chi connectivity index (χ0v) is 12.6. The van der Waals surface area contributed by atoms with Crippen molar-refractivity contribution in [2.45, 2.75) is 0 Å². The van der Waals surface area contributed by atoms with Crippen molar-refractivity contribution in [3.63, 3.8) is 0 Å². The SMILES string of the molecule is COc1ccc(-c2ccc(Br)c(C(=O)O)c2)c(OC)c1. The van der Waals surface area contributed by atoms with Gasteiger partial charge in [0.15, 0.2) is 0 Å². The van der Waals surface area contributed by atoms with E-state index in [1.54, 1.807) is 38.5 Å². The Labute approximate surface area is 125 Å². The fraction of sp³-hybridized carbons (Fsp3) is 0.133. The van der Waals surface area contributed by atoms with E-state index in [9.17, 15) is 4.79 Å². The van der Waals surface area contributed by atoms with Crippen LogP contribution in [-0.4, -0.2) is 25.3 Å². The van der Waals surface area contributed by atoms with Gasteiger partial charge in [-0.05, 0) is 45.8 Å². The van der Waals surface area contributed by atoms with Crippen LogP contribution in [0.4, 0.5) is 0 Å². The number of ether oxygens (including phenoxy) is 2. The third-order valence-electron chi connectivity index (χ3n) is 2.92. The molecule has 0 saturated carbocycles. The van der Waals surface area contributed by atoms with Crippen LogP contribution in [0.15, 0.2) is 40.9 Å². The maximum atomic E-state index is 11.2. The first-order valence-electron chi connectivity index (χ1n) is 5.82. The first-order valence-corrected chi connectivity index (χ1v) is 6.61. The van der Waals surface area contributed by atoms with E-state index in [1.165, 1.54) is 0 Å². The van der Waals surface area contributed by atoms with Gasteiger partial charge in [-0.3, -0.25) is 0 Å². The van der Waals surface area contributed by atoms with E-state index < -0.39 is 5.97 Å². The van der Waals surface area contributed by atoms with Crippen molar-refractivity contribution in [1.29, 1.82) is 0 Å². The highest BCUT2D eigenvalue weighted by Gasteiger charge is 2.13. The molecule has 0 unspecified atom stereocenters. The molecule has 0 bridgehead atoms. The summed E-state index contributed by atoms with van der Waals surface area (Å²) < 4.78 is 11.0. The van der Waals surface area contributed by atoms with Crippen molar-refractivity contribution in [1.82, 2.24) is 0 Å². The molecule has 0 spiro atoms. The Kier molecular flexibility index (Phi) is 4.29. The molecule has 0 heterocycles. The molecule has 2 rings (SSSR count). The minimum atomic E-state index is -0.980. The first-order chi connectivity index (χ1) is 9.56. The Hall–Kier alpha value is -2.01. The third kappa shape index (κ3) is 2.77. The number of benzene rings is 2. The number of methoxy groups -OCH3 is 2. The summed E-state index contributed by atoms with van der Waals surface area (Å²) >= 11 is 3.23. The van der Waals surface area contributed by atoms with Crippen LogP contribution >= 0.6 is 15.9 Å². The smallest absolute Gasteiger partial charge is 0.336 e. The Morgan fingerprint density at radius 2 is 1.85 bits per heavy atom. The molecule has 104 valence electrons. The summed E-state index contributed by atoms with van der Waals surface area (Å²) in [6, 6.07) is 10.6. The van der Waals surface area contributed by atoms with Gasteiger partial charge in [-0.1, -0.05) is 6.07 Å². The third-order valence-corrected chi connectivity index (χ3v) is 3.61. The van der Waals surface area contributed by atoms with Gasteiger partial charge in [0.1, 0.15) is 11.5 Å². The van der Waals surface area contributed by atoms with Crippen LogP contribution in [0.1, 0.15) is 10.4 Å². The van der Waals surface area contributed by atoms with Crippen molar-refractivity contribution in [3.8, 4) is 22.6 Å². The fourth-order valence-electron chi connectivity index (χ4n) is 1.89. The van der Waals surface area contributed by atoms with Crippen LogP contribution in [0.5, 0.6) is 11.5 Å². The molecular weight excluding hydrogens is 324 g/mol. The summed E-state index contributed by atoms with van der Waals surface area (Å²) in [5.41, 5.74) is 1.79. The molecule has 2 aromatic rings. The average Bonchev–Trinajstić information content (AvgIpc) is 2.46. The lowest BCUT2D eigenvalue weighted by atomic mass is 10.0. The quantitative estimate of drug-likeness (QED) is 0.921. The first kappa shape index (κ1) is 14.4. The molecule has 0 radical (unpaired) electrons. The minimum absolute atomic E-state index is 0.209. The second-order valence-corrected chi connectivity index (χ2v) is 4.92. The maximum Gasteiger partial charge on any atom is 0.336 e. The molecule has 0 fully saturated rings. The molecule has 0 aliphatic rings. The van der Waals surface area contributed by atoms with Crippen LogP contribution in [-0.2, 0) is 0 Å². The molecule has 0 aliphatic carbocycles. The van der Waals surface area contributed by atoms with Crippen LogP contribution in [0, 0.1) is 0 Å². The van der Waals surface area contributed by atoms with Gasteiger partial charge in [0, 0.05) is 16.1 Å². The lowest BCUT2D eigenvalue weighted by molar-refractivity contribution is 0.0696. The summed E-state index contributed by atoms with van der Waals surface area (Å²) in [4.78, 5) is 11.2. The fourth-order valence-corrected chi connectivity index (χ4v) is 2.31. The van der Waals surface area contributed by atoms with E-state index >= 15 is 0 Å². The van der Waals surface area contributed by atoms with Gasteiger partial charge in [-0.25, -0.2) is 4.79 Å². The monoisotopic (exact) mass is 336 g/mol. The minimum Gasteiger partial charge on any atom is -0.497 e. The lowest BCUT2D eigenvalue weighted by Crippen LogP contribution is -1.98. The summed E-state index contributed by atoms with van der Waals surface area (Å²) in [7, 11) is 3.14. The van der Waals surface area contributed by atoms with Crippen LogP contribution in [0.3, 0.4) is 0 Å². The number of rotatable bonds is 4. The molecule has 0 aliphatic heterocycles. The van der Waals surface area contributed by atoms with Gasteiger partial charge in [0.25, 0.3) is 0 Å².